The minimum atomic E-state index is -0.956. The number of amides is 4. The number of barbiturate groups is 1. The Morgan fingerprint density at radius 2 is 1.83 bits per heavy atom. The van der Waals surface area contributed by atoms with Crippen molar-refractivity contribution in [1.29, 1.82) is 0 Å². The first-order valence-corrected chi connectivity index (χ1v) is 8.16. The number of imide groups is 2. The Morgan fingerprint density at radius 1 is 1.14 bits per heavy atom. The smallest absolute Gasteiger partial charge is 0.337 e. The van der Waals surface area contributed by atoms with Crippen LogP contribution < -0.4 is 10.2 Å². The van der Waals surface area contributed by atoms with Crippen LogP contribution in [0.4, 0.5) is 16.2 Å². The molecular formula is C19H13N3O7. The van der Waals surface area contributed by atoms with Gasteiger partial charge in [-0.25, -0.2) is 14.5 Å². The fourth-order valence-corrected chi connectivity index (χ4v) is 2.65. The van der Waals surface area contributed by atoms with Crippen molar-refractivity contribution in [3.63, 3.8) is 0 Å². The van der Waals surface area contributed by atoms with Crippen molar-refractivity contribution in [3.05, 3.63) is 75.3 Å². The molecule has 0 spiro atoms. The van der Waals surface area contributed by atoms with Crippen molar-refractivity contribution < 1.29 is 28.8 Å². The highest BCUT2D eigenvalue weighted by Gasteiger charge is 2.36. The highest BCUT2D eigenvalue weighted by molar-refractivity contribution is 6.39. The molecule has 1 aliphatic heterocycles. The van der Waals surface area contributed by atoms with E-state index in [1.54, 1.807) is 0 Å². The van der Waals surface area contributed by atoms with Crippen molar-refractivity contribution >= 4 is 41.3 Å². The maximum atomic E-state index is 12.8. The van der Waals surface area contributed by atoms with Crippen LogP contribution in [0, 0.1) is 10.1 Å². The van der Waals surface area contributed by atoms with E-state index in [1.165, 1.54) is 55.6 Å². The van der Waals surface area contributed by atoms with Crippen LogP contribution >= 0.6 is 0 Å². The normalized spacial score (nSPS) is 15.3. The van der Waals surface area contributed by atoms with Crippen LogP contribution in [-0.4, -0.2) is 35.8 Å². The van der Waals surface area contributed by atoms with Crippen LogP contribution in [0.15, 0.2) is 54.1 Å². The Kier molecular flexibility index (Phi) is 5.17. The lowest BCUT2D eigenvalue weighted by Gasteiger charge is -2.26. The molecule has 0 unspecified atom stereocenters. The van der Waals surface area contributed by atoms with Gasteiger partial charge in [0, 0.05) is 12.1 Å². The molecule has 1 N–H and O–H groups in total. The Bertz CT molecular complexity index is 1070. The molecule has 0 aromatic heterocycles. The summed E-state index contributed by atoms with van der Waals surface area (Å²) in [6.45, 7) is 0. The number of nitro benzene ring substituents is 1. The average molecular weight is 395 g/mol. The topological polar surface area (TPSA) is 136 Å². The van der Waals surface area contributed by atoms with Crippen LogP contribution in [0.1, 0.15) is 15.9 Å². The molecule has 2 aromatic rings. The number of carbonyl (C=O) groups excluding carboxylic acids is 4. The zero-order valence-corrected chi connectivity index (χ0v) is 14.9. The number of non-ortho nitro benzene ring substituents is 1. The molecule has 0 radical (unpaired) electrons. The van der Waals surface area contributed by atoms with E-state index in [9.17, 15) is 29.3 Å². The standard InChI is InChI=1S/C19H13N3O7/c1-29-18(25)12-5-7-13(8-6-12)21-17(24)15(16(23)20-19(21)26)10-11-3-2-4-14(9-11)22(27)28/h2-10H,1H3,(H,20,23,26)/b15-10+. The number of methoxy groups -OCH3 is 1. The van der Waals surface area contributed by atoms with E-state index in [-0.39, 0.29) is 28.1 Å². The number of hydrogen-bond acceptors (Lipinski definition) is 7. The predicted octanol–water partition coefficient (Wildman–Crippen LogP) is 2.05. The molecule has 29 heavy (non-hydrogen) atoms. The maximum absolute atomic E-state index is 12.8. The lowest BCUT2D eigenvalue weighted by molar-refractivity contribution is -0.384. The quantitative estimate of drug-likeness (QED) is 0.275. The molecule has 146 valence electrons. The maximum Gasteiger partial charge on any atom is 0.337 e. The number of urea groups is 1. The van der Waals surface area contributed by atoms with E-state index in [1.807, 2.05) is 5.32 Å². The van der Waals surface area contributed by atoms with Crippen molar-refractivity contribution in [2.75, 3.05) is 12.0 Å². The van der Waals surface area contributed by atoms with E-state index in [0.717, 1.165) is 11.0 Å². The van der Waals surface area contributed by atoms with Gasteiger partial charge < -0.3 is 4.74 Å². The van der Waals surface area contributed by atoms with E-state index in [2.05, 4.69) is 4.74 Å². The minimum absolute atomic E-state index is 0.123. The third-order valence-corrected chi connectivity index (χ3v) is 4.04. The van der Waals surface area contributed by atoms with E-state index >= 15 is 0 Å². The summed E-state index contributed by atoms with van der Waals surface area (Å²) in [7, 11) is 1.22. The number of anilines is 1. The highest BCUT2D eigenvalue weighted by atomic mass is 16.6. The second-order valence-electron chi connectivity index (χ2n) is 5.85. The van der Waals surface area contributed by atoms with Gasteiger partial charge in [0.15, 0.2) is 0 Å². The van der Waals surface area contributed by atoms with Gasteiger partial charge >= 0.3 is 12.0 Å². The highest BCUT2D eigenvalue weighted by Crippen LogP contribution is 2.23. The zero-order chi connectivity index (χ0) is 21.1. The van der Waals surface area contributed by atoms with Crippen molar-refractivity contribution in [2.45, 2.75) is 0 Å². The van der Waals surface area contributed by atoms with E-state index in [0.29, 0.717) is 0 Å². The zero-order valence-electron chi connectivity index (χ0n) is 14.9. The molecule has 4 amide bonds. The molecule has 3 rings (SSSR count). The number of ether oxygens (including phenoxy) is 1. The molecule has 0 bridgehead atoms. The summed E-state index contributed by atoms with van der Waals surface area (Å²) in [4.78, 5) is 59.7. The van der Waals surface area contributed by atoms with Gasteiger partial charge in [0.05, 0.1) is 23.3 Å². The molecule has 0 atom stereocenters. The monoisotopic (exact) mass is 395 g/mol. The van der Waals surface area contributed by atoms with Gasteiger partial charge in [0.2, 0.25) is 0 Å². The van der Waals surface area contributed by atoms with Crippen LogP contribution in [0.2, 0.25) is 0 Å². The Balaban J connectivity index is 1.97. The van der Waals surface area contributed by atoms with Gasteiger partial charge in [-0.1, -0.05) is 12.1 Å². The predicted molar refractivity (Wildman–Crippen MR) is 99.9 cm³/mol. The average Bonchev–Trinajstić information content (AvgIpc) is 2.71. The second-order valence-corrected chi connectivity index (χ2v) is 5.85. The first-order valence-electron chi connectivity index (χ1n) is 8.16. The Hall–Kier alpha value is -4.34. The lowest BCUT2D eigenvalue weighted by atomic mass is 10.1. The van der Waals surface area contributed by atoms with Gasteiger partial charge in [-0.3, -0.25) is 25.0 Å². The van der Waals surface area contributed by atoms with Crippen molar-refractivity contribution in [2.24, 2.45) is 0 Å². The lowest BCUT2D eigenvalue weighted by Crippen LogP contribution is -2.54. The number of hydrogen-bond donors (Lipinski definition) is 1. The number of nitrogens with zero attached hydrogens (tertiary/aromatic N) is 2. The molecule has 0 aliphatic carbocycles. The van der Waals surface area contributed by atoms with Crippen LogP contribution in [0.3, 0.4) is 0 Å². The number of nitro groups is 1. The summed E-state index contributed by atoms with van der Waals surface area (Å²) in [5.74, 6) is -2.42. The molecule has 1 fully saturated rings. The summed E-state index contributed by atoms with van der Waals surface area (Å²) in [6, 6.07) is 9.82. The fraction of sp³-hybridized carbons (Fsp3) is 0.0526. The molecule has 10 heteroatoms. The third kappa shape index (κ3) is 3.86. The second kappa shape index (κ2) is 7.72. The molecular weight excluding hydrogens is 382 g/mol. The van der Waals surface area contributed by atoms with Crippen LogP contribution in [0.5, 0.6) is 0 Å². The summed E-state index contributed by atoms with van der Waals surface area (Å²) in [5, 5.41) is 13.0. The largest absolute Gasteiger partial charge is 0.465 e. The molecule has 10 nitrogen and oxygen atoms in total. The molecule has 0 saturated carbocycles. The number of benzene rings is 2. The first kappa shape index (κ1) is 19.4. The Morgan fingerprint density at radius 3 is 2.45 bits per heavy atom. The number of carbonyl (C=O) groups is 4. The van der Waals surface area contributed by atoms with Crippen LogP contribution in [-0.2, 0) is 14.3 Å². The van der Waals surface area contributed by atoms with E-state index < -0.39 is 28.7 Å². The van der Waals surface area contributed by atoms with Gasteiger partial charge in [-0.05, 0) is 35.9 Å². The van der Waals surface area contributed by atoms with Gasteiger partial charge in [-0.15, -0.1) is 0 Å². The molecule has 1 saturated heterocycles. The van der Waals surface area contributed by atoms with Crippen molar-refractivity contribution in [1.82, 2.24) is 5.32 Å². The fourth-order valence-electron chi connectivity index (χ4n) is 2.65. The number of rotatable bonds is 4. The third-order valence-electron chi connectivity index (χ3n) is 4.04. The first-order chi connectivity index (χ1) is 13.8. The Labute approximate surface area is 163 Å². The van der Waals surface area contributed by atoms with Gasteiger partial charge in [0.25, 0.3) is 17.5 Å². The minimum Gasteiger partial charge on any atom is -0.465 e. The van der Waals surface area contributed by atoms with E-state index in [4.69, 9.17) is 0 Å². The summed E-state index contributed by atoms with van der Waals surface area (Å²) in [5.41, 5.74) is -0.00771. The summed E-state index contributed by atoms with van der Waals surface area (Å²) in [6.07, 6.45) is 1.16. The van der Waals surface area contributed by atoms with Crippen LogP contribution in [0.25, 0.3) is 6.08 Å². The van der Waals surface area contributed by atoms with Gasteiger partial charge in [0.1, 0.15) is 5.57 Å². The molecule has 1 aliphatic rings. The summed E-state index contributed by atoms with van der Waals surface area (Å²) < 4.78 is 4.59. The van der Waals surface area contributed by atoms with Crippen molar-refractivity contribution in [3.8, 4) is 0 Å². The van der Waals surface area contributed by atoms with Gasteiger partial charge in [-0.2, -0.15) is 0 Å². The number of esters is 1. The number of nitrogens with one attached hydrogen (secondary N) is 1. The SMILES string of the molecule is COC(=O)c1ccc(N2C(=O)NC(=O)/C(=C\c3cccc([N+](=O)[O-])c3)C2=O)cc1. The molecule has 2 aromatic carbocycles. The molecule has 1 heterocycles. The summed E-state index contributed by atoms with van der Waals surface area (Å²) >= 11 is 0.